The molecule has 26 heavy (non-hydrogen) atoms. The molecule has 3 aromatic rings. The lowest BCUT2D eigenvalue weighted by atomic mass is 10.2. The third kappa shape index (κ3) is 5.00. The lowest BCUT2D eigenvalue weighted by molar-refractivity contribution is -0.122. The molecule has 0 fully saturated rings. The van der Waals surface area contributed by atoms with E-state index in [4.69, 9.17) is 16.3 Å². The Bertz CT molecular complexity index is 885. The van der Waals surface area contributed by atoms with Crippen LogP contribution in [-0.2, 0) is 11.3 Å². The molecule has 0 aliphatic heterocycles. The largest absolute Gasteiger partial charge is 0.492 e. The van der Waals surface area contributed by atoms with E-state index < -0.39 is 5.82 Å². The standard InChI is InChI=1S/C17H15ClFN5O2/c18-13-4-6-15(7-5-13)26-9-8-20-16(25)11-24-22-17(21-23-24)12-2-1-3-14(19)10-12/h1-7,10H,8-9,11H2,(H,20,25). The van der Waals surface area contributed by atoms with Gasteiger partial charge in [0.05, 0.1) is 6.54 Å². The summed E-state index contributed by atoms with van der Waals surface area (Å²) >= 11 is 5.79. The van der Waals surface area contributed by atoms with Gasteiger partial charge in [-0.3, -0.25) is 4.79 Å². The first-order chi connectivity index (χ1) is 12.6. The number of aromatic nitrogens is 4. The fraction of sp³-hybridized carbons (Fsp3) is 0.176. The number of amides is 1. The van der Waals surface area contributed by atoms with Crippen LogP contribution in [0.3, 0.4) is 0 Å². The van der Waals surface area contributed by atoms with E-state index in [1.807, 2.05) is 0 Å². The first-order valence-corrected chi connectivity index (χ1v) is 8.17. The summed E-state index contributed by atoms with van der Waals surface area (Å²) in [6, 6.07) is 12.8. The molecule has 2 aromatic carbocycles. The average Bonchev–Trinajstić information content (AvgIpc) is 3.09. The minimum absolute atomic E-state index is 0.0940. The third-order valence-electron chi connectivity index (χ3n) is 3.33. The molecule has 0 saturated carbocycles. The Kier molecular flexibility index (Phi) is 5.75. The maximum absolute atomic E-state index is 13.2. The Hall–Kier alpha value is -3.00. The number of rotatable bonds is 7. The molecule has 0 spiro atoms. The molecule has 1 amide bonds. The van der Waals surface area contributed by atoms with Gasteiger partial charge >= 0.3 is 0 Å². The monoisotopic (exact) mass is 375 g/mol. The first-order valence-electron chi connectivity index (χ1n) is 7.79. The van der Waals surface area contributed by atoms with Gasteiger partial charge in [0.25, 0.3) is 0 Å². The van der Waals surface area contributed by atoms with Crippen molar-refractivity contribution in [2.24, 2.45) is 0 Å². The number of nitrogens with zero attached hydrogens (tertiary/aromatic N) is 4. The molecule has 0 bridgehead atoms. The van der Waals surface area contributed by atoms with E-state index in [0.29, 0.717) is 29.5 Å². The number of carbonyl (C=O) groups excluding carboxylic acids is 1. The number of carbonyl (C=O) groups is 1. The summed E-state index contributed by atoms with van der Waals surface area (Å²) in [6.07, 6.45) is 0. The van der Waals surface area contributed by atoms with Crippen molar-refractivity contribution < 1.29 is 13.9 Å². The highest BCUT2D eigenvalue weighted by Crippen LogP contribution is 2.15. The first kappa shape index (κ1) is 17.8. The van der Waals surface area contributed by atoms with E-state index in [0.717, 1.165) is 4.80 Å². The summed E-state index contributed by atoms with van der Waals surface area (Å²) in [5, 5.41) is 15.0. The van der Waals surface area contributed by atoms with E-state index in [-0.39, 0.29) is 18.3 Å². The van der Waals surface area contributed by atoms with Gasteiger partial charge in [0, 0.05) is 10.6 Å². The highest BCUT2D eigenvalue weighted by atomic mass is 35.5. The molecule has 0 atom stereocenters. The van der Waals surface area contributed by atoms with Gasteiger partial charge in [-0.2, -0.15) is 4.80 Å². The Labute approximate surface area is 153 Å². The van der Waals surface area contributed by atoms with Crippen molar-refractivity contribution in [1.29, 1.82) is 0 Å². The van der Waals surface area contributed by atoms with Crippen LogP contribution in [-0.4, -0.2) is 39.3 Å². The molecule has 0 aliphatic carbocycles. The van der Waals surface area contributed by atoms with Crippen LogP contribution < -0.4 is 10.1 Å². The highest BCUT2D eigenvalue weighted by Gasteiger charge is 2.09. The van der Waals surface area contributed by atoms with Gasteiger partial charge in [-0.25, -0.2) is 4.39 Å². The maximum atomic E-state index is 13.2. The number of hydrogen-bond donors (Lipinski definition) is 1. The van der Waals surface area contributed by atoms with E-state index in [2.05, 4.69) is 20.7 Å². The third-order valence-corrected chi connectivity index (χ3v) is 3.58. The Morgan fingerprint density at radius 1 is 1.23 bits per heavy atom. The van der Waals surface area contributed by atoms with Crippen molar-refractivity contribution in [3.8, 4) is 17.1 Å². The van der Waals surface area contributed by atoms with Crippen molar-refractivity contribution in [3.63, 3.8) is 0 Å². The van der Waals surface area contributed by atoms with E-state index in [9.17, 15) is 9.18 Å². The summed E-state index contributed by atoms with van der Waals surface area (Å²) in [5.41, 5.74) is 0.494. The van der Waals surface area contributed by atoms with Crippen LogP contribution in [0.2, 0.25) is 5.02 Å². The number of nitrogens with one attached hydrogen (secondary N) is 1. The quantitative estimate of drug-likeness (QED) is 0.641. The van der Waals surface area contributed by atoms with Gasteiger partial charge in [0.1, 0.15) is 24.7 Å². The fourth-order valence-electron chi connectivity index (χ4n) is 2.13. The fourth-order valence-corrected chi connectivity index (χ4v) is 2.25. The van der Waals surface area contributed by atoms with Crippen molar-refractivity contribution in [3.05, 3.63) is 59.4 Å². The average molecular weight is 376 g/mol. The van der Waals surface area contributed by atoms with E-state index in [1.165, 1.54) is 12.1 Å². The number of tetrazole rings is 1. The summed E-state index contributed by atoms with van der Waals surface area (Å²) in [6.45, 7) is 0.545. The second-order valence-electron chi connectivity index (χ2n) is 5.31. The number of ether oxygens (including phenoxy) is 1. The Morgan fingerprint density at radius 2 is 2.04 bits per heavy atom. The topological polar surface area (TPSA) is 81.9 Å². The molecule has 0 aliphatic rings. The SMILES string of the molecule is O=C(Cn1nnc(-c2cccc(F)c2)n1)NCCOc1ccc(Cl)cc1. The lowest BCUT2D eigenvalue weighted by Crippen LogP contribution is -2.31. The van der Waals surface area contributed by atoms with Crippen molar-refractivity contribution in [2.45, 2.75) is 6.54 Å². The van der Waals surface area contributed by atoms with Crippen molar-refractivity contribution >= 4 is 17.5 Å². The Balaban J connectivity index is 1.44. The van der Waals surface area contributed by atoms with Crippen molar-refractivity contribution in [2.75, 3.05) is 13.2 Å². The van der Waals surface area contributed by atoms with Crippen LogP contribution in [0.4, 0.5) is 4.39 Å². The molecule has 1 N–H and O–H groups in total. The molecule has 3 rings (SSSR count). The summed E-state index contributed by atoms with van der Waals surface area (Å²) in [4.78, 5) is 13.0. The summed E-state index contributed by atoms with van der Waals surface area (Å²) < 4.78 is 18.7. The molecule has 0 unspecified atom stereocenters. The van der Waals surface area contributed by atoms with Gasteiger partial charge in [-0.05, 0) is 41.6 Å². The molecule has 1 aromatic heterocycles. The summed E-state index contributed by atoms with van der Waals surface area (Å²) in [5.74, 6) is 0.245. The predicted molar refractivity (Wildman–Crippen MR) is 93.2 cm³/mol. The van der Waals surface area contributed by atoms with Crippen LogP contribution in [0.5, 0.6) is 5.75 Å². The molecule has 7 nitrogen and oxygen atoms in total. The molecular formula is C17H15ClFN5O2. The molecule has 1 heterocycles. The predicted octanol–water partition coefficient (Wildman–Crippen LogP) is 2.33. The number of benzene rings is 2. The van der Waals surface area contributed by atoms with Crippen LogP contribution in [0.1, 0.15) is 0 Å². The second kappa shape index (κ2) is 8.39. The van der Waals surface area contributed by atoms with E-state index in [1.54, 1.807) is 36.4 Å². The van der Waals surface area contributed by atoms with E-state index >= 15 is 0 Å². The molecule has 134 valence electrons. The van der Waals surface area contributed by atoms with Gasteiger partial charge in [-0.1, -0.05) is 23.7 Å². The zero-order valence-corrected chi connectivity index (χ0v) is 14.4. The minimum atomic E-state index is -0.391. The molecule has 0 radical (unpaired) electrons. The molecule has 0 saturated heterocycles. The van der Waals surface area contributed by atoms with Crippen LogP contribution in [0.25, 0.3) is 11.4 Å². The van der Waals surface area contributed by atoms with Crippen molar-refractivity contribution in [1.82, 2.24) is 25.5 Å². The second-order valence-corrected chi connectivity index (χ2v) is 5.74. The number of hydrogen-bond acceptors (Lipinski definition) is 5. The van der Waals surface area contributed by atoms with Crippen LogP contribution in [0.15, 0.2) is 48.5 Å². The minimum Gasteiger partial charge on any atom is -0.492 e. The highest BCUT2D eigenvalue weighted by molar-refractivity contribution is 6.30. The smallest absolute Gasteiger partial charge is 0.243 e. The summed E-state index contributed by atoms with van der Waals surface area (Å²) in [7, 11) is 0. The lowest BCUT2D eigenvalue weighted by Gasteiger charge is -2.07. The van der Waals surface area contributed by atoms with Gasteiger partial charge in [0.15, 0.2) is 0 Å². The van der Waals surface area contributed by atoms with Crippen LogP contribution >= 0.6 is 11.6 Å². The maximum Gasteiger partial charge on any atom is 0.243 e. The molecular weight excluding hydrogens is 361 g/mol. The number of halogens is 2. The van der Waals surface area contributed by atoms with Crippen LogP contribution in [0, 0.1) is 5.82 Å². The zero-order chi connectivity index (χ0) is 18.4. The van der Waals surface area contributed by atoms with Gasteiger partial charge < -0.3 is 10.1 Å². The zero-order valence-electron chi connectivity index (χ0n) is 13.6. The van der Waals surface area contributed by atoms with Gasteiger partial charge in [-0.15, -0.1) is 10.2 Å². The van der Waals surface area contributed by atoms with Gasteiger partial charge in [0.2, 0.25) is 11.7 Å². The Morgan fingerprint density at radius 3 is 2.81 bits per heavy atom. The normalized spacial score (nSPS) is 10.5. The molecule has 9 heteroatoms.